The van der Waals surface area contributed by atoms with Crippen LogP contribution in [0.4, 0.5) is 19.0 Å². The minimum atomic E-state index is -4.69. The number of pyridine rings is 3. The van der Waals surface area contributed by atoms with Crippen LogP contribution in [0.3, 0.4) is 0 Å². The molecule has 12 heteroatoms. The van der Waals surface area contributed by atoms with Gasteiger partial charge < -0.3 is 5.73 Å². The van der Waals surface area contributed by atoms with Gasteiger partial charge in [-0.1, -0.05) is 12.1 Å². The standard InChI is InChI=1S/C28H20F3N7O2/c29-28(30,31)24-13-23(21-7-3-11-34-15-21)36-38(24)22-8-9-25(35-16-22)37(17-18-4-2-10-33-14-18)27(40)20-6-1-5-19(12-20)26(32)39/h1-16H,17H2,(H2,32,39). The van der Waals surface area contributed by atoms with Crippen LogP contribution in [0.2, 0.25) is 0 Å². The fraction of sp³-hybridized carbons (Fsp3) is 0.0714. The highest BCUT2D eigenvalue weighted by Gasteiger charge is 2.36. The van der Waals surface area contributed by atoms with E-state index in [1.54, 1.807) is 36.7 Å². The number of nitrogens with zero attached hydrogens (tertiary/aromatic N) is 6. The van der Waals surface area contributed by atoms with E-state index >= 15 is 0 Å². The number of alkyl halides is 3. The number of rotatable bonds is 7. The van der Waals surface area contributed by atoms with Gasteiger partial charge in [0.05, 0.1) is 24.1 Å². The highest BCUT2D eigenvalue weighted by molar-refractivity contribution is 6.07. The number of carbonyl (C=O) groups is 2. The van der Waals surface area contributed by atoms with Gasteiger partial charge >= 0.3 is 6.18 Å². The molecule has 0 aliphatic rings. The molecule has 0 spiro atoms. The second kappa shape index (κ2) is 10.8. The van der Waals surface area contributed by atoms with Gasteiger partial charge in [0.1, 0.15) is 11.5 Å². The number of nitrogens with two attached hydrogens (primary N) is 1. The first-order valence-corrected chi connectivity index (χ1v) is 11.9. The van der Waals surface area contributed by atoms with Gasteiger partial charge in [-0.15, -0.1) is 0 Å². The van der Waals surface area contributed by atoms with E-state index in [0.717, 1.165) is 10.7 Å². The van der Waals surface area contributed by atoms with E-state index in [2.05, 4.69) is 20.1 Å². The summed E-state index contributed by atoms with van der Waals surface area (Å²) in [4.78, 5) is 38.9. The van der Waals surface area contributed by atoms with Crippen molar-refractivity contribution in [2.24, 2.45) is 5.73 Å². The molecule has 0 radical (unpaired) electrons. The third-order valence-corrected chi connectivity index (χ3v) is 5.91. The quantitative estimate of drug-likeness (QED) is 0.318. The number of primary amides is 1. The largest absolute Gasteiger partial charge is 0.433 e. The lowest BCUT2D eigenvalue weighted by Crippen LogP contribution is -2.31. The minimum absolute atomic E-state index is 0.0377. The molecule has 2 amide bonds. The van der Waals surface area contributed by atoms with Crippen LogP contribution < -0.4 is 10.6 Å². The molecule has 0 aliphatic carbocycles. The number of aromatic nitrogens is 5. The molecule has 4 aromatic heterocycles. The average molecular weight is 544 g/mol. The predicted molar refractivity (Wildman–Crippen MR) is 139 cm³/mol. The topological polar surface area (TPSA) is 120 Å². The van der Waals surface area contributed by atoms with Gasteiger partial charge in [0.15, 0.2) is 0 Å². The molecule has 9 nitrogen and oxygen atoms in total. The molecule has 0 saturated carbocycles. The maximum absolute atomic E-state index is 13.9. The maximum Gasteiger partial charge on any atom is 0.433 e. The molecule has 0 fully saturated rings. The third kappa shape index (κ3) is 5.55. The molecule has 40 heavy (non-hydrogen) atoms. The molecule has 0 saturated heterocycles. The molecule has 0 unspecified atom stereocenters. The second-order valence-electron chi connectivity index (χ2n) is 8.64. The van der Waals surface area contributed by atoms with Gasteiger partial charge in [0.25, 0.3) is 5.91 Å². The molecule has 200 valence electrons. The molecular weight excluding hydrogens is 523 g/mol. The number of hydrogen-bond acceptors (Lipinski definition) is 6. The number of anilines is 1. The van der Waals surface area contributed by atoms with E-state index in [1.807, 2.05) is 0 Å². The van der Waals surface area contributed by atoms with Crippen molar-refractivity contribution in [1.82, 2.24) is 24.7 Å². The zero-order valence-corrected chi connectivity index (χ0v) is 20.7. The Balaban J connectivity index is 1.53. The lowest BCUT2D eigenvalue weighted by atomic mass is 10.1. The van der Waals surface area contributed by atoms with Gasteiger partial charge in [-0.05, 0) is 60.2 Å². The first-order chi connectivity index (χ1) is 19.2. The number of carbonyl (C=O) groups excluding carboxylic acids is 2. The van der Waals surface area contributed by atoms with Crippen molar-refractivity contribution in [3.05, 3.63) is 120 Å². The summed E-state index contributed by atoms with van der Waals surface area (Å²) in [6.45, 7) is 0.0561. The lowest BCUT2D eigenvalue weighted by molar-refractivity contribution is -0.142. The number of amides is 2. The Morgan fingerprint density at radius 3 is 2.25 bits per heavy atom. The van der Waals surface area contributed by atoms with Crippen molar-refractivity contribution < 1.29 is 22.8 Å². The maximum atomic E-state index is 13.9. The summed E-state index contributed by atoms with van der Waals surface area (Å²) in [5, 5.41) is 4.15. The van der Waals surface area contributed by atoms with Gasteiger partial charge in [-0.3, -0.25) is 24.5 Å². The van der Waals surface area contributed by atoms with Crippen LogP contribution in [0.15, 0.2) is 97.7 Å². The summed E-state index contributed by atoms with van der Waals surface area (Å²) >= 11 is 0. The van der Waals surface area contributed by atoms with Crippen LogP contribution in [-0.2, 0) is 12.7 Å². The molecule has 4 heterocycles. The molecule has 2 N–H and O–H groups in total. The Morgan fingerprint density at radius 1 is 0.875 bits per heavy atom. The molecule has 5 aromatic rings. The van der Waals surface area contributed by atoms with Crippen molar-refractivity contribution in [1.29, 1.82) is 0 Å². The van der Waals surface area contributed by atoms with Crippen molar-refractivity contribution >= 4 is 17.6 Å². The van der Waals surface area contributed by atoms with Crippen molar-refractivity contribution in [3.63, 3.8) is 0 Å². The predicted octanol–water partition coefficient (Wildman–Crippen LogP) is 4.69. The summed E-state index contributed by atoms with van der Waals surface area (Å²) in [7, 11) is 0. The molecule has 0 aliphatic heterocycles. The van der Waals surface area contributed by atoms with E-state index in [-0.39, 0.29) is 34.9 Å². The highest BCUT2D eigenvalue weighted by Crippen LogP contribution is 2.34. The lowest BCUT2D eigenvalue weighted by Gasteiger charge is -2.22. The number of halogens is 3. The summed E-state index contributed by atoms with van der Waals surface area (Å²) in [6, 6.07) is 16.3. The van der Waals surface area contributed by atoms with E-state index in [1.165, 1.54) is 59.9 Å². The number of hydrogen-bond donors (Lipinski definition) is 1. The monoisotopic (exact) mass is 543 g/mol. The molecule has 5 rings (SSSR count). The molecular formula is C28H20F3N7O2. The third-order valence-electron chi connectivity index (χ3n) is 5.91. The smallest absolute Gasteiger partial charge is 0.366 e. The molecule has 1 aromatic carbocycles. The van der Waals surface area contributed by atoms with Crippen molar-refractivity contribution in [3.8, 4) is 16.9 Å². The van der Waals surface area contributed by atoms with E-state index in [0.29, 0.717) is 11.1 Å². The summed E-state index contributed by atoms with van der Waals surface area (Å²) in [6.07, 6.45) is 2.60. The fourth-order valence-corrected chi connectivity index (χ4v) is 3.99. The normalized spacial score (nSPS) is 11.3. The zero-order valence-electron chi connectivity index (χ0n) is 20.7. The van der Waals surface area contributed by atoms with Crippen LogP contribution in [0, 0.1) is 0 Å². The van der Waals surface area contributed by atoms with Crippen molar-refractivity contribution in [2.45, 2.75) is 12.7 Å². The Morgan fingerprint density at radius 2 is 1.62 bits per heavy atom. The van der Waals surface area contributed by atoms with Crippen LogP contribution in [-0.4, -0.2) is 36.5 Å². The Labute approximate surface area is 225 Å². The molecule has 0 bridgehead atoms. The van der Waals surface area contributed by atoms with Crippen LogP contribution >= 0.6 is 0 Å². The zero-order chi connectivity index (χ0) is 28.3. The minimum Gasteiger partial charge on any atom is -0.366 e. The van der Waals surface area contributed by atoms with Crippen LogP contribution in [0.1, 0.15) is 32.0 Å². The van der Waals surface area contributed by atoms with Crippen molar-refractivity contribution in [2.75, 3.05) is 4.90 Å². The highest BCUT2D eigenvalue weighted by atomic mass is 19.4. The SMILES string of the molecule is NC(=O)c1cccc(C(=O)N(Cc2cccnc2)c2ccc(-n3nc(-c4cccnc4)cc3C(F)(F)F)cn2)c1. The fourth-order valence-electron chi connectivity index (χ4n) is 3.99. The second-order valence-corrected chi connectivity index (χ2v) is 8.64. The molecule has 0 atom stereocenters. The Hall–Kier alpha value is -5.39. The first kappa shape index (κ1) is 26.2. The summed E-state index contributed by atoms with van der Waals surface area (Å²) in [5.41, 5.74) is 5.94. The van der Waals surface area contributed by atoms with Gasteiger partial charge in [-0.25, -0.2) is 9.67 Å². The Kier molecular flexibility index (Phi) is 7.06. The van der Waals surface area contributed by atoms with Gasteiger partial charge in [0, 0.05) is 41.5 Å². The summed E-state index contributed by atoms with van der Waals surface area (Å²) in [5.74, 6) is -1.03. The van der Waals surface area contributed by atoms with E-state index in [4.69, 9.17) is 5.73 Å². The number of benzene rings is 1. The van der Waals surface area contributed by atoms with Crippen LogP contribution in [0.5, 0.6) is 0 Å². The van der Waals surface area contributed by atoms with E-state index in [9.17, 15) is 22.8 Å². The Bertz CT molecular complexity index is 1660. The summed E-state index contributed by atoms with van der Waals surface area (Å²) < 4.78 is 42.5. The van der Waals surface area contributed by atoms with E-state index < -0.39 is 23.7 Å². The van der Waals surface area contributed by atoms with Crippen LogP contribution in [0.25, 0.3) is 16.9 Å². The van der Waals surface area contributed by atoms with Gasteiger partial charge in [-0.2, -0.15) is 18.3 Å². The first-order valence-electron chi connectivity index (χ1n) is 11.9. The average Bonchev–Trinajstić information content (AvgIpc) is 3.43. The van der Waals surface area contributed by atoms with Gasteiger partial charge in [0.2, 0.25) is 5.91 Å².